The van der Waals surface area contributed by atoms with E-state index in [0.717, 1.165) is 11.3 Å². The van der Waals surface area contributed by atoms with Crippen molar-refractivity contribution in [2.75, 3.05) is 5.01 Å². The number of rotatable bonds is 2. The van der Waals surface area contributed by atoms with Crippen molar-refractivity contribution in [3.8, 4) is 0 Å². The third kappa shape index (κ3) is 2.46. The second-order valence-electron chi connectivity index (χ2n) is 4.33. The number of hydrogen-bond donors (Lipinski definition) is 0. The van der Waals surface area contributed by atoms with Gasteiger partial charge in [0.2, 0.25) is 5.90 Å². The Hall–Kier alpha value is -1.84. The van der Waals surface area contributed by atoms with Crippen LogP contribution in [0.25, 0.3) is 0 Å². The number of carbonyl (C=O) groups is 1. The number of carbonyl (C=O) groups excluding carboxylic acids is 1. The lowest BCUT2D eigenvalue weighted by Gasteiger charge is -2.13. The summed E-state index contributed by atoms with van der Waals surface area (Å²) >= 11 is 0. The molecule has 17 heavy (non-hydrogen) atoms. The fourth-order valence-corrected chi connectivity index (χ4v) is 1.73. The van der Waals surface area contributed by atoms with Crippen LogP contribution in [0.5, 0.6) is 0 Å². The molecule has 1 heterocycles. The number of nitrogens with zero attached hydrogens (tertiary/aromatic N) is 2. The quantitative estimate of drug-likeness (QED) is 0.786. The zero-order valence-electron chi connectivity index (χ0n) is 10.3. The van der Waals surface area contributed by atoms with Crippen LogP contribution in [-0.2, 0) is 9.53 Å². The molecule has 0 fully saturated rings. The highest BCUT2D eigenvalue weighted by molar-refractivity contribution is 6.10. The summed E-state index contributed by atoms with van der Waals surface area (Å²) in [4.78, 5) is 11.9. The molecule has 1 aromatic carbocycles. The molecule has 0 spiro atoms. The second-order valence-corrected chi connectivity index (χ2v) is 4.33. The fraction of sp³-hybridized carbons (Fsp3) is 0.385. The molecule has 0 aromatic heterocycles. The van der Waals surface area contributed by atoms with Gasteiger partial charge in [-0.3, -0.25) is 4.79 Å². The van der Waals surface area contributed by atoms with Crippen molar-refractivity contribution in [2.45, 2.75) is 33.3 Å². The van der Waals surface area contributed by atoms with E-state index in [-0.39, 0.29) is 18.4 Å². The molecule has 0 atom stereocenters. The smallest absolute Gasteiger partial charge is 0.256 e. The van der Waals surface area contributed by atoms with Crippen molar-refractivity contribution in [2.24, 2.45) is 5.10 Å². The Labute approximate surface area is 101 Å². The van der Waals surface area contributed by atoms with Gasteiger partial charge in [0.15, 0.2) is 0 Å². The van der Waals surface area contributed by atoms with Crippen molar-refractivity contribution in [1.29, 1.82) is 0 Å². The van der Waals surface area contributed by atoms with Gasteiger partial charge in [0.25, 0.3) is 5.91 Å². The van der Waals surface area contributed by atoms with E-state index in [1.807, 2.05) is 45.0 Å². The van der Waals surface area contributed by atoms with Crippen LogP contribution in [0.15, 0.2) is 29.4 Å². The minimum atomic E-state index is -0.0463. The Kier molecular flexibility index (Phi) is 3.13. The summed E-state index contributed by atoms with van der Waals surface area (Å²) in [5.74, 6) is 0.447. The van der Waals surface area contributed by atoms with Crippen molar-refractivity contribution in [3.63, 3.8) is 0 Å². The Balaban J connectivity index is 2.25. The number of amides is 1. The minimum Gasteiger partial charge on any atom is -0.477 e. The molecule has 0 unspecified atom stereocenters. The predicted octanol–water partition coefficient (Wildman–Crippen LogP) is 2.47. The standard InChI is InChI=1S/C13H16N2O2/c1-9(2)17-12-8-13(16)15(14-12)11-7-5-4-6-10(11)3/h4-7,9H,8H2,1-3H3. The van der Waals surface area contributed by atoms with Crippen molar-refractivity contribution in [3.05, 3.63) is 29.8 Å². The van der Waals surface area contributed by atoms with Crippen LogP contribution in [0.3, 0.4) is 0 Å². The number of anilines is 1. The highest BCUT2D eigenvalue weighted by atomic mass is 16.5. The summed E-state index contributed by atoms with van der Waals surface area (Å²) in [6.07, 6.45) is 0.283. The third-order valence-electron chi connectivity index (χ3n) is 2.47. The second kappa shape index (κ2) is 4.57. The molecule has 1 amide bonds. The Bertz CT molecular complexity index is 466. The van der Waals surface area contributed by atoms with Gasteiger partial charge in [-0.2, -0.15) is 5.01 Å². The molecule has 0 saturated heterocycles. The molecule has 1 aliphatic heterocycles. The highest BCUT2D eigenvalue weighted by Crippen LogP contribution is 2.24. The predicted molar refractivity (Wildman–Crippen MR) is 66.9 cm³/mol. The lowest BCUT2D eigenvalue weighted by molar-refractivity contribution is -0.117. The number of ether oxygens (including phenoxy) is 1. The van der Waals surface area contributed by atoms with E-state index in [0.29, 0.717) is 5.90 Å². The van der Waals surface area contributed by atoms with E-state index >= 15 is 0 Å². The third-order valence-corrected chi connectivity index (χ3v) is 2.47. The van der Waals surface area contributed by atoms with E-state index in [1.54, 1.807) is 0 Å². The monoisotopic (exact) mass is 232 g/mol. The van der Waals surface area contributed by atoms with E-state index in [1.165, 1.54) is 5.01 Å². The van der Waals surface area contributed by atoms with Crippen LogP contribution < -0.4 is 5.01 Å². The van der Waals surface area contributed by atoms with E-state index < -0.39 is 0 Å². The van der Waals surface area contributed by atoms with Gasteiger partial charge in [-0.1, -0.05) is 18.2 Å². The molecule has 0 radical (unpaired) electrons. The maximum Gasteiger partial charge on any atom is 0.256 e. The largest absolute Gasteiger partial charge is 0.477 e. The molecule has 0 bridgehead atoms. The fourth-order valence-electron chi connectivity index (χ4n) is 1.73. The molecule has 4 heteroatoms. The zero-order valence-corrected chi connectivity index (χ0v) is 10.3. The average molecular weight is 232 g/mol. The molecule has 0 N–H and O–H groups in total. The maximum atomic E-state index is 11.9. The van der Waals surface area contributed by atoms with Crippen LogP contribution in [0.4, 0.5) is 5.69 Å². The average Bonchev–Trinajstić information content (AvgIpc) is 2.59. The van der Waals surface area contributed by atoms with Gasteiger partial charge in [0.05, 0.1) is 11.8 Å². The lowest BCUT2D eigenvalue weighted by Crippen LogP contribution is -2.20. The summed E-state index contributed by atoms with van der Waals surface area (Å²) < 4.78 is 5.46. The molecule has 2 rings (SSSR count). The first-order chi connectivity index (χ1) is 8.08. The Morgan fingerprint density at radius 3 is 2.71 bits per heavy atom. The van der Waals surface area contributed by atoms with Crippen LogP contribution in [-0.4, -0.2) is 17.9 Å². The molecular weight excluding hydrogens is 216 g/mol. The Morgan fingerprint density at radius 2 is 2.06 bits per heavy atom. The lowest BCUT2D eigenvalue weighted by atomic mass is 10.2. The molecule has 1 aliphatic rings. The van der Waals surface area contributed by atoms with Crippen LogP contribution in [0.1, 0.15) is 25.8 Å². The number of para-hydroxylation sites is 1. The molecule has 0 aliphatic carbocycles. The summed E-state index contributed by atoms with van der Waals surface area (Å²) in [5.41, 5.74) is 1.84. The van der Waals surface area contributed by atoms with Crippen molar-refractivity contribution >= 4 is 17.5 Å². The normalized spacial score (nSPS) is 15.4. The summed E-state index contributed by atoms with van der Waals surface area (Å²) in [6.45, 7) is 5.80. The van der Waals surface area contributed by atoms with Crippen LogP contribution in [0, 0.1) is 6.92 Å². The first-order valence-corrected chi connectivity index (χ1v) is 5.70. The van der Waals surface area contributed by atoms with Gasteiger partial charge < -0.3 is 4.74 Å². The van der Waals surface area contributed by atoms with Crippen LogP contribution >= 0.6 is 0 Å². The summed E-state index contributed by atoms with van der Waals surface area (Å²) in [7, 11) is 0. The molecule has 1 aromatic rings. The molecular formula is C13H16N2O2. The van der Waals surface area contributed by atoms with E-state index in [2.05, 4.69) is 5.10 Å². The van der Waals surface area contributed by atoms with Gasteiger partial charge in [0.1, 0.15) is 6.42 Å². The molecule has 4 nitrogen and oxygen atoms in total. The SMILES string of the molecule is Cc1ccccc1N1N=C(OC(C)C)CC1=O. The highest BCUT2D eigenvalue weighted by Gasteiger charge is 2.27. The van der Waals surface area contributed by atoms with Gasteiger partial charge in [0, 0.05) is 0 Å². The summed E-state index contributed by atoms with van der Waals surface area (Å²) in [6, 6.07) is 7.68. The number of hydrazone groups is 1. The van der Waals surface area contributed by atoms with Crippen molar-refractivity contribution < 1.29 is 9.53 Å². The first kappa shape index (κ1) is 11.6. The van der Waals surface area contributed by atoms with Gasteiger partial charge >= 0.3 is 0 Å². The molecule has 0 saturated carbocycles. The minimum absolute atomic E-state index is 0.0402. The van der Waals surface area contributed by atoms with Gasteiger partial charge in [-0.05, 0) is 32.4 Å². The van der Waals surface area contributed by atoms with Gasteiger partial charge in [-0.15, -0.1) is 5.10 Å². The Morgan fingerprint density at radius 1 is 1.35 bits per heavy atom. The van der Waals surface area contributed by atoms with E-state index in [9.17, 15) is 4.79 Å². The topological polar surface area (TPSA) is 41.9 Å². The first-order valence-electron chi connectivity index (χ1n) is 5.70. The molecule has 90 valence electrons. The van der Waals surface area contributed by atoms with E-state index in [4.69, 9.17) is 4.74 Å². The van der Waals surface area contributed by atoms with Crippen molar-refractivity contribution in [1.82, 2.24) is 0 Å². The van der Waals surface area contributed by atoms with Crippen LogP contribution in [0.2, 0.25) is 0 Å². The number of hydrogen-bond acceptors (Lipinski definition) is 3. The zero-order chi connectivity index (χ0) is 12.4. The summed E-state index contributed by atoms with van der Waals surface area (Å²) in [5, 5.41) is 5.64. The number of benzene rings is 1. The van der Waals surface area contributed by atoms with Gasteiger partial charge in [-0.25, -0.2) is 0 Å². The maximum absolute atomic E-state index is 11.9. The number of aryl methyl sites for hydroxylation is 1.